The molecule has 33 heavy (non-hydrogen) atoms. The van der Waals surface area contributed by atoms with E-state index in [1.165, 1.54) is 4.90 Å². The van der Waals surface area contributed by atoms with Crippen molar-refractivity contribution < 1.29 is 36.1 Å². The summed E-state index contributed by atoms with van der Waals surface area (Å²) in [5.41, 5.74) is -3.04. The van der Waals surface area contributed by atoms with Gasteiger partial charge in [0.25, 0.3) is 5.69 Å². The number of hydrogen-bond donors (Lipinski definition) is 1. The van der Waals surface area contributed by atoms with Gasteiger partial charge < -0.3 is 10.2 Å². The van der Waals surface area contributed by atoms with Gasteiger partial charge >= 0.3 is 12.4 Å². The first kappa shape index (κ1) is 24.6. The number of hydrogen-bond acceptors (Lipinski definition) is 4. The zero-order valence-corrected chi connectivity index (χ0v) is 17.4. The lowest BCUT2D eigenvalue weighted by atomic mass is 9.95. The summed E-state index contributed by atoms with van der Waals surface area (Å²) in [7, 11) is 0. The van der Waals surface area contributed by atoms with E-state index in [0.717, 1.165) is 30.3 Å². The molecule has 3 rings (SSSR count). The third kappa shape index (κ3) is 5.67. The molecule has 0 bridgehead atoms. The maximum Gasteiger partial charge on any atom is 0.416 e. The standard InChI is InChI=1S/C20H16ClF6N3O3/c21-14-3-1-12(19(22,23)24)9-15(14)28-18(31)11-5-7-29(8-6-11)16-4-2-13(20(25,26)27)10-17(16)30(32)33/h1-4,9-11H,5-8H2,(H,28,31). The lowest BCUT2D eigenvalue weighted by Crippen LogP contribution is -2.38. The van der Waals surface area contributed by atoms with Crippen molar-refractivity contribution >= 4 is 34.6 Å². The first-order valence-corrected chi connectivity index (χ1v) is 9.93. The molecule has 0 spiro atoms. The molecular formula is C20H16ClF6N3O3. The molecule has 0 radical (unpaired) electrons. The second kappa shape index (κ2) is 9.08. The number of nitro groups is 1. The van der Waals surface area contributed by atoms with E-state index in [2.05, 4.69) is 5.32 Å². The van der Waals surface area contributed by atoms with Gasteiger partial charge in [-0.3, -0.25) is 14.9 Å². The molecule has 2 aromatic rings. The molecule has 6 nitrogen and oxygen atoms in total. The van der Waals surface area contributed by atoms with E-state index in [-0.39, 0.29) is 42.3 Å². The van der Waals surface area contributed by atoms with E-state index in [1.54, 1.807) is 0 Å². The second-order valence-corrected chi connectivity index (χ2v) is 7.81. The number of amides is 1. The van der Waals surface area contributed by atoms with Gasteiger partial charge in [0.1, 0.15) is 5.69 Å². The highest BCUT2D eigenvalue weighted by Crippen LogP contribution is 2.38. The average Bonchev–Trinajstić information content (AvgIpc) is 2.73. The lowest BCUT2D eigenvalue weighted by Gasteiger charge is -2.32. The third-order valence-corrected chi connectivity index (χ3v) is 5.59. The van der Waals surface area contributed by atoms with Crippen molar-refractivity contribution in [2.24, 2.45) is 5.92 Å². The van der Waals surface area contributed by atoms with Crippen LogP contribution in [0.2, 0.25) is 5.02 Å². The van der Waals surface area contributed by atoms with Gasteiger partial charge in [-0.1, -0.05) is 11.6 Å². The van der Waals surface area contributed by atoms with Crippen molar-refractivity contribution in [2.45, 2.75) is 25.2 Å². The smallest absolute Gasteiger partial charge is 0.366 e. The monoisotopic (exact) mass is 495 g/mol. The number of anilines is 2. The van der Waals surface area contributed by atoms with Gasteiger partial charge in [-0.25, -0.2) is 0 Å². The Morgan fingerprint density at radius 3 is 2.09 bits per heavy atom. The molecule has 0 aromatic heterocycles. The molecule has 0 aliphatic carbocycles. The highest BCUT2D eigenvalue weighted by molar-refractivity contribution is 6.33. The minimum absolute atomic E-state index is 0.00668. The molecule has 1 saturated heterocycles. The second-order valence-electron chi connectivity index (χ2n) is 7.40. The van der Waals surface area contributed by atoms with Crippen LogP contribution in [0.4, 0.5) is 43.4 Å². The minimum Gasteiger partial charge on any atom is -0.366 e. The van der Waals surface area contributed by atoms with Gasteiger partial charge in [0, 0.05) is 25.1 Å². The van der Waals surface area contributed by atoms with E-state index in [4.69, 9.17) is 11.6 Å². The predicted molar refractivity (Wildman–Crippen MR) is 108 cm³/mol. The number of alkyl halides is 6. The third-order valence-electron chi connectivity index (χ3n) is 5.26. The van der Waals surface area contributed by atoms with Crippen LogP contribution < -0.4 is 10.2 Å². The highest BCUT2D eigenvalue weighted by Gasteiger charge is 2.35. The molecular weight excluding hydrogens is 480 g/mol. The highest BCUT2D eigenvalue weighted by atomic mass is 35.5. The van der Waals surface area contributed by atoms with Crippen molar-refractivity contribution in [1.82, 2.24) is 0 Å². The number of nitro benzene ring substituents is 1. The van der Waals surface area contributed by atoms with E-state index >= 15 is 0 Å². The molecule has 13 heteroatoms. The number of benzene rings is 2. The summed E-state index contributed by atoms with van der Waals surface area (Å²) >= 11 is 5.89. The van der Waals surface area contributed by atoms with Crippen LogP contribution in [-0.2, 0) is 17.1 Å². The quantitative estimate of drug-likeness (QED) is 0.314. The Labute approximate surface area is 188 Å². The summed E-state index contributed by atoms with van der Waals surface area (Å²) in [6.45, 7) is 0.251. The number of carbonyl (C=O) groups is 1. The van der Waals surface area contributed by atoms with Crippen LogP contribution in [0.3, 0.4) is 0 Å². The first-order valence-electron chi connectivity index (χ1n) is 9.55. The van der Waals surface area contributed by atoms with Gasteiger partial charge in [0.15, 0.2) is 0 Å². The summed E-state index contributed by atoms with van der Waals surface area (Å²) < 4.78 is 77.4. The lowest BCUT2D eigenvalue weighted by molar-refractivity contribution is -0.384. The zero-order valence-electron chi connectivity index (χ0n) is 16.6. The predicted octanol–water partition coefficient (Wildman–Crippen LogP) is 6.14. The summed E-state index contributed by atoms with van der Waals surface area (Å²) in [4.78, 5) is 24.5. The summed E-state index contributed by atoms with van der Waals surface area (Å²) in [5, 5.41) is 13.6. The SMILES string of the molecule is O=C(Nc1cc(C(F)(F)F)ccc1Cl)C1CCN(c2ccc(C(F)(F)F)cc2[N+](=O)[O-])CC1. The molecule has 2 aromatic carbocycles. The molecule has 1 aliphatic rings. The van der Waals surface area contributed by atoms with Crippen LogP contribution in [0, 0.1) is 16.0 Å². The zero-order chi connectivity index (χ0) is 24.6. The molecule has 178 valence electrons. The van der Waals surface area contributed by atoms with Crippen molar-refractivity contribution in [1.29, 1.82) is 0 Å². The fourth-order valence-corrected chi connectivity index (χ4v) is 3.69. The van der Waals surface area contributed by atoms with Crippen LogP contribution in [0.25, 0.3) is 0 Å². The van der Waals surface area contributed by atoms with Crippen LogP contribution in [-0.4, -0.2) is 23.9 Å². The van der Waals surface area contributed by atoms with Gasteiger partial charge in [0.05, 0.1) is 26.8 Å². The van der Waals surface area contributed by atoms with Crippen LogP contribution in [0.1, 0.15) is 24.0 Å². The van der Waals surface area contributed by atoms with E-state index < -0.39 is 45.9 Å². The molecule has 0 atom stereocenters. The first-order chi connectivity index (χ1) is 15.3. The molecule has 1 N–H and O–H groups in total. The Kier molecular flexibility index (Phi) is 6.78. The van der Waals surface area contributed by atoms with Gasteiger partial charge in [-0.05, 0) is 43.2 Å². The van der Waals surface area contributed by atoms with E-state index in [0.29, 0.717) is 6.07 Å². The van der Waals surface area contributed by atoms with Crippen molar-refractivity contribution in [2.75, 3.05) is 23.3 Å². The van der Waals surface area contributed by atoms with E-state index in [1.807, 2.05) is 0 Å². The fraction of sp³-hybridized carbons (Fsp3) is 0.350. The van der Waals surface area contributed by atoms with Crippen molar-refractivity contribution in [3.05, 3.63) is 62.7 Å². The molecule has 0 unspecified atom stereocenters. The van der Waals surface area contributed by atoms with Gasteiger partial charge in [0.2, 0.25) is 5.91 Å². The number of nitrogens with one attached hydrogen (secondary N) is 1. The number of piperidine rings is 1. The van der Waals surface area contributed by atoms with E-state index in [9.17, 15) is 41.3 Å². The normalized spacial score (nSPS) is 15.4. The van der Waals surface area contributed by atoms with Crippen molar-refractivity contribution in [3.8, 4) is 0 Å². The van der Waals surface area contributed by atoms with Crippen LogP contribution in [0.15, 0.2) is 36.4 Å². The number of halogens is 7. The molecule has 1 fully saturated rings. The number of rotatable bonds is 4. The summed E-state index contributed by atoms with van der Waals surface area (Å²) in [5.74, 6) is -1.20. The Morgan fingerprint density at radius 1 is 1.00 bits per heavy atom. The average molecular weight is 496 g/mol. The number of nitrogens with zero attached hydrogens (tertiary/aromatic N) is 2. The van der Waals surface area contributed by atoms with Crippen LogP contribution in [0.5, 0.6) is 0 Å². The van der Waals surface area contributed by atoms with Gasteiger partial charge in [-0.2, -0.15) is 26.3 Å². The van der Waals surface area contributed by atoms with Crippen molar-refractivity contribution in [3.63, 3.8) is 0 Å². The maximum atomic E-state index is 12.9. The molecule has 0 saturated carbocycles. The Balaban J connectivity index is 1.70. The maximum absolute atomic E-state index is 12.9. The molecule has 1 amide bonds. The minimum atomic E-state index is -4.74. The Morgan fingerprint density at radius 2 is 1.55 bits per heavy atom. The fourth-order valence-electron chi connectivity index (χ4n) is 3.53. The Bertz CT molecular complexity index is 1070. The number of carbonyl (C=O) groups excluding carboxylic acids is 1. The molecule has 1 aliphatic heterocycles. The summed E-state index contributed by atoms with van der Waals surface area (Å²) in [6, 6.07) is 4.75. The van der Waals surface area contributed by atoms with Crippen LogP contribution >= 0.6 is 11.6 Å². The van der Waals surface area contributed by atoms with Gasteiger partial charge in [-0.15, -0.1) is 0 Å². The Hall–Kier alpha value is -3.02. The summed E-state index contributed by atoms with van der Waals surface area (Å²) in [6.07, 6.45) is -8.99. The topological polar surface area (TPSA) is 75.5 Å². The largest absolute Gasteiger partial charge is 0.416 e. The molecule has 1 heterocycles.